The predicted octanol–water partition coefficient (Wildman–Crippen LogP) is 9.17. The largest absolute Gasteiger partial charge is 0.490 e. The van der Waals surface area contributed by atoms with E-state index in [4.69, 9.17) is 23.7 Å². The summed E-state index contributed by atoms with van der Waals surface area (Å²) >= 11 is 0. The molecule has 0 amide bonds. The minimum atomic E-state index is -0.190. The summed E-state index contributed by atoms with van der Waals surface area (Å²) in [6.45, 7) is 6.85. The normalized spacial score (nSPS) is 12.4. The number of carbonyl (C=O) groups is 2. The smallest absolute Gasteiger partial charge is 0.198 e. The zero-order valence-electron chi connectivity index (χ0n) is 29.1. The van der Waals surface area contributed by atoms with Gasteiger partial charge in [0.05, 0.1) is 51.8 Å². The molecule has 0 unspecified atom stereocenters. The van der Waals surface area contributed by atoms with Gasteiger partial charge in [-0.15, -0.1) is 0 Å². The maximum absolute atomic E-state index is 13.0. The maximum Gasteiger partial charge on any atom is 0.198 e. The van der Waals surface area contributed by atoms with E-state index in [-0.39, 0.29) is 18.2 Å². The van der Waals surface area contributed by atoms with Crippen LogP contribution in [-0.4, -0.2) is 71.0 Å². The Labute approximate surface area is 284 Å². The Kier molecular flexibility index (Phi) is 21.0. The number of unbranched alkanes of at least 4 members (excludes halogenated alkanes) is 15. The Morgan fingerprint density at radius 2 is 0.809 bits per heavy atom. The summed E-state index contributed by atoms with van der Waals surface area (Å²) in [5, 5.41) is 0. The summed E-state index contributed by atoms with van der Waals surface area (Å²) in [7, 11) is 0. The van der Waals surface area contributed by atoms with Crippen molar-refractivity contribution in [3.63, 3.8) is 0 Å². The van der Waals surface area contributed by atoms with E-state index in [2.05, 4.69) is 6.92 Å². The molecule has 47 heavy (non-hydrogen) atoms. The second-order valence-corrected chi connectivity index (χ2v) is 12.5. The van der Waals surface area contributed by atoms with Crippen molar-refractivity contribution in [3.05, 3.63) is 64.7 Å². The number of fused-ring (bicyclic) bond motifs is 2. The van der Waals surface area contributed by atoms with Gasteiger partial charge in [0.1, 0.15) is 12.4 Å². The third-order valence-corrected chi connectivity index (χ3v) is 8.66. The van der Waals surface area contributed by atoms with Crippen LogP contribution in [0, 0.1) is 0 Å². The Hall–Kier alpha value is -2.58. The maximum atomic E-state index is 13.0. The summed E-state index contributed by atoms with van der Waals surface area (Å²) in [4.78, 5) is 25.9. The lowest BCUT2D eigenvalue weighted by Crippen LogP contribution is -2.22. The average Bonchev–Trinajstić information content (AvgIpc) is 3.09. The van der Waals surface area contributed by atoms with Crippen LogP contribution < -0.4 is 4.74 Å². The monoisotopic (exact) mass is 652 g/mol. The summed E-state index contributed by atoms with van der Waals surface area (Å²) in [6, 6.07) is 12.0. The fourth-order valence-electron chi connectivity index (χ4n) is 5.96. The van der Waals surface area contributed by atoms with E-state index in [0.717, 1.165) is 13.0 Å². The van der Waals surface area contributed by atoms with Crippen LogP contribution in [0.1, 0.15) is 141 Å². The van der Waals surface area contributed by atoms with Gasteiger partial charge in [-0.1, -0.05) is 140 Å². The van der Waals surface area contributed by atoms with Crippen LogP contribution in [0.4, 0.5) is 0 Å². The third-order valence-electron chi connectivity index (χ3n) is 8.66. The molecule has 0 saturated carbocycles. The molecule has 0 N–H and O–H groups in total. The molecule has 3 rings (SSSR count). The molecule has 7 heteroatoms. The molecule has 7 nitrogen and oxygen atoms in total. The summed E-state index contributed by atoms with van der Waals surface area (Å²) in [5.74, 6) is 0.0572. The summed E-state index contributed by atoms with van der Waals surface area (Å²) in [6.07, 6.45) is 22.0. The number of hydrogen-bond acceptors (Lipinski definition) is 7. The molecule has 262 valence electrons. The molecular formula is C40H60O7. The first-order chi connectivity index (χ1) is 23.2. The highest BCUT2D eigenvalue weighted by atomic mass is 16.6. The first-order valence-corrected chi connectivity index (χ1v) is 18.5. The molecule has 0 radical (unpaired) electrons. The number of rotatable bonds is 30. The zero-order chi connectivity index (χ0) is 33.2. The van der Waals surface area contributed by atoms with Crippen LogP contribution in [-0.2, 0) is 18.9 Å². The molecule has 1 aliphatic carbocycles. The second kappa shape index (κ2) is 25.4. The van der Waals surface area contributed by atoms with Crippen molar-refractivity contribution in [2.24, 2.45) is 0 Å². The van der Waals surface area contributed by atoms with Crippen molar-refractivity contribution >= 4 is 11.6 Å². The number of ether oxygens (including phenoxy) is 5. The molecule has 2 aromatic carbocycles. The predicted molar refractivity (Wildman–Crippen MR) is 188 cm³/mol. The van der Waals surface area contributed by atoms with E-state index >= 15 is 0 Å². The summed E-state index contributed by atoms with van der Waals surface area (Å²) in [5.41, 5.74) is 1.55. The fraction of sp³-hybridized carbons (Fsp3) is 0.650. The minimum Gasteiger partial charge on any atom is -0.490 e. The Bertz CT molecular complexity index is 1130. The van der Waals surface area contributed by atoms with E-state index in [9.17, 15) is 9.59 Å². The lowest BCUT2D eigenvalue weighted by atomic mass is 9.83. The number of benzene rings is 2. The van der Waals surface area contributed by atoms with Crippen molar-refractivity contribution in [2.75, 3.05) is 59.5 Å². The van der Waals surface area contributed by atoms with Gasteiger partial charge in [-0.3, -0.25) is 9.59 Å². The van der Waals surface area contributed by atoms with Crippen molar-refractivity contribution in [1.82, 2.24) is 0 Å². The highest BCUT2D eigenvalue weighted by Gasteiger charge is 2.31. The lowest BCUT2D eigenvalue weighted by Gasteiger charge is -2.20. The summed E-state index contributed by atoms with van der Waals surface area (Å²) < 4.78 is 28.3. The zero-order valence-corrected chi connectivity index (χ0v) is 29.1. The first kappa shape index (κ1) is 38.9. The van der Waals surface area contributed by atoms with Crippen LogP contribution in [0.5, 0.6) is 5.75 Å². The van der Waals surface area contributed by atoms with Crippen LogP contribution in [0.2, 0.25) is 0 Å². The van der Waals surface area contributed by atoms with Gasteiger partial charge in [0, 0.05) is 23.3 Å². The first-order valence-electron chi connectivity index (χ1n) is 18.5. The van der Waals surface area contributed by atoms with E-state index in [1.165, 1.54) is 96.3 Å². The van der Waals surface area contributed by atoms with Crippen LogP contribution in [0.15, 0.2) is 42.5 Å². The van der Waals surface area contributed by atoms with E-state index in [0.29, 0.717) is 74.3 Å². The van der Waals surface area contributed by atoms with Crippen LogP contribution in [0.25, 0.3) is 0 Å². The SMILES string of the molecule is CCCCCCCCCCCCCCCCCCOCCOCCOCCOCCOc1cccc2c1C(=O)c1ccccc1C2=O. The van der Waals surface area contributed by atoms with Crippen LogP contribution in [0.3, 0.4) is 0 Å². The Balaban J connectivity index is 1.03. The quantitative estimate of drug-likeness (QED) is 0.0665. The Morgan fingerprint density at radius 1 is 0.404 bits per heavy atom. The minimum absolute atomic E-state index is 0.156. The van der Waals surface area contributed by atoms with Crippen molar-refractivity contribution in [3.8, 4) is 5.75 Å². The molecule has 0 heterocycles. The van der Waals surface area contributed by atoms with Gasteiger partial charge in [-0.25, -0.2) is 0 Å². The van der Waals surface area contributed by atoms with E-state index in [1.54, 1.807) is 42.5 Å². The van der Waals surface area contributed by atoms with Gasteiger partial charge in [0.15, 0.2) is 11.6 Å². The van der Waals surface area contributed by atoms with Gasteiger partial charge < -0.3 is 23.7 Å². The molecular weight excluding hydrogens is 592 g/mol. The van der Waals surface area contributed by atoms with Crippen molar-refractivity contribution in [2.45, 2.75) is 110 Å². The van der Waals surface area contributed by atoms with Crippen molar-refractivity contribution in [1.29, 1.82) is 0 Å². The molecule has 0 spiro atoms. The topological polar surface area (TPSA) is 80.3 Å². The number of ketones is 2. The standard InChI is InChI=1S/C40H60O7/c1-2-3-4-5-6-7-8-9-10-11-12-13-14-15-16-19-25-43-26-27-44-28-29-45-30-31-46-32-33-47-37-24-20-23-36-38(37)40(42)35-22-18-17-21-34(35)39(36)41/h17-18,20-24H,2-16,19,25-33H2,1H3. The molecule has 2 aromatic rings. The van der Waals surface area contributed by atoms with Gasteiger partial charge in [-0.05, 0) is 12.5 Å². The van der Waals surface area contributed by atoms with Gasteiger partial charge in [0.25, 0.3) is 0 Å². The average molecular weight is 653 g/mol. The number of hydrogen-bond donors (Lipinski definition) is 0. The molecule has 0 aliphatic heterocycles. The lowest BCUT2D eigenvalue weighted by molar-refractivity contribution is -0.00489. The highest BCUT2D eigenvalue weighted by molar-refractivity contribution is 6.29. The molecule has 0 saturated heterocycles. The van der Waals surface area contributed by atoms with Gasteiger partial charge >= 0.3 is 0 Å². The Morgan fingerprint density at radius 3 is 1.32 bits per heavy atom. The molecule has 1 aliphatic rings. The van der Waals surface area contributed by atoms with Gasteiger partial charge in [-0.2, -0.15) is 0 Å². The molecule has 0 atom stereocenters. The van der Waals surface area contributed by atoms with Crippen molar-refractivity contribution < 1.29 is 33.3 Å². The second-order valence-electron chi connectivity index (χ2n) is 12.5. The van der Waals surface area contributed by atoms with E-state index < -0.39 is 0 Å². The van der Waals surface area contributed by atoms with E-state index in [1.807, 2.05) is 0 Å². The third kappa shape index (κ3) is 15.5. The van der Waals surface area contributed by atoms with Crippen LogP contribution >= 0.6 is 0 Å². The molecule has 0 bridgehead atoms. The number of carbonyl (C=O) groups excluding carboxylic acids is 2. The molecule has 0 aromatic heterocycles. The fourth-order valence-corrected chi connectivity index (χ4v) is 5.96. The highest BCUT2D eigenvalue weighted by Crippen LogP contribution is 2.33. The molecule has 0 fully saturated rings. The van der Waals surface area contributed by atoms with Gasteiger partial charge in [0.2, 0.25) is 0 Å².